The zero-order valence-corrected chi connectivity index (χ0v) is 16.0. The quantitative estimate of drug-likeness (QED) is 0.721. The summed E-state index contributed by atoms with van der Waals surface area (Å²) in [5.41, 5.74) is 4.75. The lowest BCUT2D eigenvalue weighted by Crippen LogP contribution is -2.26. The van der Waals surface area contributed by atoms with Crippen molar-refractivity contribution in [2.24, 2.45) is 0 Å². The first-order valence-corrected chi connectivity index (χ1v) is 9.74. The van der Waals surface area contributed by atoms with Crippen molar-refractivity contribution in [3.05, 3.63) is 52.9 Å². The van der Waals surface area contributed by atoms with Gasteiger partial charge in [0.2, 0.25) is 0 Å². The van der Waals surface area contributed by atoms with Crippen LogP contribution in [0.15, 0.2) is 35.7 Å². The molecule has 2 aromatic heterocycles. The molecule has 1 fully saturated rings. The third-order valence-electron chi connectivity index (χ3n) is 4.75. The predicted octanol–water partition coefficient (Wildman–Crippen LogP) is 4.47. The highest BCUT2D eigenvalue weighted by atomic mass is 32.1. The molecule has 0 aliphatic carbocycles. The molecule has 1 amide bonds. The van der Waals surface area contributed by atoms with Gasteiger partial charge in [-0.2, -0.15) is 0 Å². The molecule has 27 heavy (non-hydrogen) atoms. The Kier molecular flexibility index (Phi) is 4.80. The zero-order chi connectivity index (χ0) is 19.0. The second kappa shape index (κ2) is 7.25. The zero-order valence-electron chi connectivity index (χ0n) is 15.2. The Morgan fingerprint density at radius 1 is 1.33 bits per heavy atom. The molecule has 3 aromatic rings. The van der Waals surface area contributed by atoms with E-state index in [1.165, 1.54) is 23.5 Å². The van der Waals surface area contributed by atoms with Crippen LogP contribution >= 0.6 is 11.3 Å². The fourth-order valence-electron chi connectivity index (χ4n) is 3.43. The van der Waals surface area contributed by atoms with E-state index >= 15 is 0 Å². The molecule has 1 N–H and O–H groups in total. The van der Waals surface area contributed by atoms with Gasteiger partial charge in [-0.1, -0.05) is 0 Å². The van der Waals surface area contributed by atoms with Crippen LogP contribution in [0.4, 0.5) is 9.52 Å². The van der Waals surface area contributed by atoms with Crippen molar-refractivity contribution in [3.8, 4) is 16.9 Å². The van der Waals surface area contributed by atoms with Crippen LogP contribution in [-0.2, 0) is 9.53 Å². The third kappa shape index (κ3) is 3.52. The van der Waals surface area contributed by atoms with Crippen molar-refractivity contribution in [2.45, 2.75) is 32.8 Å². The summed E-state index contributed by atoms with van der Waals surface area (Å²) >= 11 is 1.40. The molecule has 7 heteroatoms. The second-order valence-corrected chi connectivity index (χ2v) is 7.48. The molecule has 0 bridgehead atoms. The van der Waals surface area contributed by atoms with Gasteiger partial charge in [0.25, 0.3) is 5.91 Å². The van der Waals surface area contributed by atoms with E-state index in [2.05, 4.69) is 20.9 Å². The van der Waals surface area contributed by atoms with Crippen LogP contribution in [0.3, 0.4) is 0 Å². The molecule has 1 atom stereocenters. The molecule has 1 aromatic carbocycles. The fraction of sp³-hybridized carbons (Fsp3) is 0.300. The first kappa shape index (κ1) is 17.9. The topological polar surface area (TPSA) is 56.1 Å². The maximum Gasteiger partial charge on any atom is 0.255 e. The number of anilines is 1. The SMILES string of the molecule is Cc1cc(-c2csc(NC(=O)C3CCCO3)n2)c(C)n1-c1ccc(F)cc1. The molecule has 1 aliphatic heterocycles. The van der Waals surface area contributed by atoms with E-state index in [0.29, 0.717) is 11.7 Å². The van der Waals surface area contributed by atoms with Crippen molar-refractivity contribution in [2.75, 3.05) is 11.9 Å². The second-order valence-electron chi connectivity index (χ2n) is 6.63. The van der Waals surface area contributed by atoms with Gasteiger partial charge in [-0.15, -0.1) is 11.3 Å². The van der Waals surface area contributed by atoms with E-state index in [4.69, 9.17) is 4.74 Å². The van der Waals surface area contributed by atoms with E-state index in [1.54, 1.807) is 12.1 Å². The molecule has 0 saturated carbocycles. The van der Waals surface area contributed by atoms with Crippen molar-refractivity contribution >= 4 is 22.4 Å². The Bertz CT molecular complexity index is 972. The largest absolute Gasteiger partial charge is 0.368 e. The van der Waals surface area contributed by atoms with Crippen LogP contribution in [0.25, 0.3) is 16.9 Å². The number of ether oxygens (including phenoxy) is 1. The van der Waals surface area contributed by atoms with Crippen molar-refractivity contribution < 1.29 is 13.9 Å². The molecule has 0 radical (unpaired) electrons. The fourth-order valence-corrected chi connectivity index (χ4v) is 4.15. The number of hydrogen-bond acceptors (Lipinski definition) is 4. The molecule has 0 spiro atoms. The Labute approximate surface area is 160 Å². The van der Waals surface area contributed by atoms with Gasteiger partial charge in [0, 0.05) is 34.6 Å². The lowest BCUT2D eigenvalue weighted by atomic mass is 10.2. The summed E-state index contributed by atoms with van der Waals surface area (Å²) in [5, 5.41) is 5.35. The average Bonchev–Trinajstić information content (AvgIpc) is 3.37. The lowest BCUT2D eigenvalue weighted by Gasteiger charge is -2.09. The Morgan fingerprint density at radius 2 is 2.11 bits per heavy atom. The highest BCUT2D eigenvalue weighted by molar-refractivity contribution is 7.14. The predicted molar refractivity (Wildman–Crippen MR) is 104 cm³/mol. The minimum absolute atomic E-state index is 0.134. The summed E-state index contributed by atoms with van der Waals surface area (Å²) in [7, 11) is 0. The van der Waals surface area contributed by atoms with Crippen LogP contribution in [0.2, 0.25) is 0 Å². The van der Waals surface area contributed by atoms with E-state index in [9.17, 15) is 9.18 Å². The molecular formula is C20H20FN3O2S. The smallest absolute Gasteiger partial charge is 0.255 e. The number of hydrogen-bond donors (Lipinski definition) is 1. The number of carbonyl (C=O) groups is 1. The highest BCUT2D eigenvalue weighted by Gasteiger charge is 2.24. The summed E-state index contributed by atoms with van der Waals surface area (Å²) in [6, 6.07) is 8.48. The molecule has 1 aliphatic rings. The monoisotopic (exact) mass is 385 g/mol. The van der Waals surface area contributed by atoms with E-state index in [1.807, 2.05) is 19.2 Å². The maximum atomic E-state index is 13.2. The number of carbonyl (C=O) groups excluding carboxylic acids is 1. The van der Waals surface area contributed by atoms with Crippen LogP contribution in [0.5, 0.6) is 0 Å². The molecule has 5 nitrogen and oxygen atoms in total. The molecule has 1 unspecified atom stereocenters. The van der Waals surface area contributed by atoms with Crippen LogP contribution in [0.1, 0.15) is 24.2 Å². The Morgan fingerprint density at radius 3 is 2.81 bits per heavy atom. The van der Waals surface area contributed by atoms with Gasteiger partial charge in [-0.25, -0.2) is 9.37 Å². The molecule has 3 heterocycles. The average molecular weight is 385 g/mol. The minimum Gasteiger partial charge on any atom is -0.368 e. The maximum absolute atomic E-state index is 13.2. The van der Waals surface area contributed by atoms with Crippen molar-refractivity contribution in [3.63, 3.8) is 0 Å². The number of nitrogens with zero attached hydrogens (tertiary/aromatic N) is 2. The number of aryl methyl sites for hydroxylation is 1. The Hall–Kier alpha value is -2.51. The van der Waals surface area contributed by atoms with Gasteiger partial charge >= 0.3 is 0 Å². The number of rotatable bonds is 4. The highest BCUT2D eigenvalue weighted by Crippen LogP contribution is 2.32. The van der Waals surface area contributed by atoms with E-state index in [0.717, 1.165) is 41.2 Å². The first-order chi connectivity index (χ1) is 13.0. The molecule has 1 saturated heterocycles. The first-order valence-electron chi connectivity index (χ1n) is 8.86. The third-order valence-corrected chi connectivity index (χ3v) is 5.51. The number of benzene rings is 1. The summed E-state index contributed by atoms with van der Waals surface area (Å²) < 4.78 is 20.7. The number of aromatic nitrogens is 2. The Balaban J connectivity index is 1.59. The summed E-state index contributed by atoms with van der Waals surface area (Å²) in [4.78, 5) is 16.8. The standard InChI is InChI=1S/C20H20FN3O2S/c1-12-10-16(13(2)24(12)15-7-5-14(21)6-8-15)17-11-27-20(22-17)23-19(25)18-4-3-9-26-18/h5-8,10-11,18H,3-4,9H2,1-2H3,(H,22,23,25). The number of nitrogens with one attached hydrogen (secondary N) is 1. The van der Waals surface area contributed by atoms with Gasteiger partial charge in [0.15, 0.2) is 5.13 Å². The molecular weight excluding hydrogens is 365 g/mol. The number of amides is 1. The van der Waals surface area contributed by atoms with E-state index < -0.39 is 0 Å². The van der Waals surface area contributed by atoms with Gasteiger partial charge in [-0.3, -0.25) is 10.1 Å². The van der Waals surface area contributed by atoms with Crippen LogP contribution in [-0.4, -0.2) is 28.2 Å². The van der Waals surface area contributed by atoms with Gasteiger partial charge in [0.1, 0.15) is 11.9 Å². The number of halogens is 1. The summed E-state index contributed by atoms with van der Waals surface area (Å²) in [6.07, 6.45) is 1.29. The van der Waals surface area contributed by atoms with Gasteiger partial charge in [0.05, 0.1) is 5.69 Å². The molecule has 4 rings (SSSR count). The van der Waals surface area contributed by atoms with Gasteiger partial charge < -0.3 is 9.30 Å². The van der Waals surface area contributed by atoms with Crippen LogP contribution in [0, 0.1) is 19.7 Å². The number of thiazole rings is 1. The van der Waals surface area contributed by atoms with Crippen molar-refractivity contribution in [1.82, 2.24) is 9.55 Å². The summed E-state index contributed by atoms with van der Waals surface area (Å²) in [6.45, 7) is 4.65. The van der Waals surface area contributed by atoms with Crippen LogP contribution < -0.4 is 5.32 Å². The van der Waals surface area contributed by atoms with Crippen molar-refractivity contribution in [1.29, 1.82) is 0 Å². The molecule has 140 valence electrons. The minimum atomic E-state index is -0.374. The normalized spacial score (nSPS) is 16.6. The summed E-state index contributed by atoms with van der Waals surface area (Å²) in [5.74, 6) is -0.391. The van der Waals surface area contributed by atoms with Gasteiger partial charge in [-0.05, 0) is 57.0 Å². The lowest BCUT2D eigenvalue weighted by molar-refractivity contribution is -0.124. The van der Waals surface area contributed by atoms with E-state index in [-0.39, 0.29) is 17.8 Å².